The van der Waals surface area contributed by atoms with E-state index in [1.54, 1.807) is 30.9 Å². The molecule has 0 radical (unpaired) electrons. The highest BCUT2D eigenvalue weighted by atomic mass is 32.2. The number of amides is 2. The second-order valence-electron chi connectivity index (χ2n) is 8.73. The van der Waals surface area contributed by atoms with Crippen LogP contribution in [0.4, 0.5) is 0 Å². The van der Waals surface area contributed by atoms with Gasteiger partial charge in [0.1, 0.15) is 17.5 Å². The third-order valence-electron chi connectivity index (χ3n) is 6.28. The van der Waals surface area contributed by atoms with Crippen LogP contribution >= 0.6 is 11.8 Å². The Bertz CT molecular complexity index is 911. The molecule has 184 valence electrons. The van der Waals surface area contributed by atoms with Crippen molar-refractivity contribution in [1.82, 2.24) is 10.2 Å². The minimum Gasteiger partial charge on any atom is -0.497 e. The number of thioether (sulfide) groups is 1. The lowest BCUT2D eigenvalue weighted by molar-refractivity contribution is -0.139. The predicted octanol–water partition coefficient (Wildman–Crippen LogP) is 4.80. The maximum atomic E-state index is 13.3. The molecule has 0 spiro atoms. The number of methoxy groups -OCH3 is 2. The minimum absolute atomic E-state index is 0.0411. The molecule has 3 rings (SSSR count). The van der Waals surface area contributed by atoms with Crippen molar-refractivity contribution in [2.75, 3.05) is 20.0 Å². The van der Waals surface area contributed by atoms with E-state index in [2.05, 4.69) is 5.32 Å². The molecule has 0 bridgehead atoms. The molecule has 2 aromatic carbocycles. The number of rotatable bonds is 11. The molecule has 1 saturated carbocycles. The highest BCUT2D eigenvalue weighted by Gasteiger charge is 2.28. The average Bonchev–Trinajstić information content (AvgIpc) is 2.88. The zero-order valence-corrected chi connectivity index (χ0v) is 21.2. The van der Waals surface area contributed by atoms with Crippen molar-refractivity contribution < 1.29 is 19.1 Å². The molecular formula is C27H36N2O4S. The summed E-state index contributed by atoms with van der Waals surface area (Å²) in [7, 11) is 3.27. The third-order valence-corrected chi connectivity index (χ3v) is 7.27. The number of nitrogens with zero attached hydrogens (tertiary/aromatic N) is 1. The van der Waals surface area contributed by atoms with Gasteiger partial charge >= 0.3 is 0 Å². The maximum Gasteiger partial charge on any atom is 0.242 e. The minimum atomic E-state index is -0.543. The smallest absolute Gasteiger partial charge is 0.242 e. The van der Waals surface area contributed by atoms with E-state index in [1.165, 1.54) is 6.42 Å². The number of benzene rings is 2. The van der Waals surface area contributed by atoms with Gasteiger partial charge in [0, 0.05) is 18.3 Å². The van der Waals surface area contributed by atoms with Gasteiger partial charge in [-0.05, 0) is 55.2 Å². The van der Waals surface area contributed by atoms with Crippen molar-refractivity contribution in [3.8, 4) is 11.5 Å². The van der Waals surface area contributed by atoms with E-state index in [0.29, 0.717) is 12.3 Å². The molecule has 1 aliphatic rings. The highest BCUT2D eigenvalue weighted by molar-refractivity contribution is 7.99. The van der Waals surface area contributed by atoms with E-state index in [4.69, 9.17) is 9.47 Å². The molecule has 7 heteroatoms. The summed E-state index contributed by atoms with van der Waals surface area (Å²) in [6.45, 7) is 2.21. The Morgan fingerprint density at radius 1 is 0.941 bits per heavy atom. The van der Waals surface area contributed by atoms with Crippen LogP contribution in [-0.4, -0.2) is 48.8 Å². The first-order valence-corrected chi connectivity index (χ1v) is 13.1. The first-order valence-electron chi connectivity index (χ1n) is 11.9. The summed E-state index contributed by atoms with van der Waals surface area (Å²) in [4.78, 5) is 28.0. The number of hydrogen-bond donors (Lipinski definition) is 1. The monoisotopic (exact) mass is 484 g/mol. The van der Waals surface area contributed by atoms with E-state index in [0.717, 1.165) is 54.1 Å². The molecule has 0 saturated heterocycles. The summed E-state index contributed by atoms with van der Waals surface area (Å²) in [5.74, 6) is 2.49. The van der Waals surface area contributed by atoms with Crippen LogP contribution in [0.3, 0.4) is 0 Å². The average molecular weight is 485 g/mol. The highest BCUT2D eigenvalue weighted by Crippen LogP contribution is 2.21. The van der Waals surface area contributed by atoms with Crippen LogP contribution in [0.1, 0.15) is 50.2 Å². The first-order chi connectivity index (χ1) is 16.5. The SMILES string of the molecule is COc1ccc(CSCC(=O)N(Cc2ccc(OC)cc2)[C@@H](C)C(=O)NC2CCCCC2)cc1. The summed E-state index contributed by atoms with van der Waals surface area (Å²) in [5, 5.41) is 3.18. The van der Waals surface area contributed by atoms with Crippen LogP contribution in [0.2, 0.25) is 0 Å². The number of ether oxygens (including phenoxy) is 2. The van der Waals surface area contributed by atoms with Gasteiger partial charge in [-0.1, -0.05) is 43.5 Å². The van der Waals surface area contributed by atoms with Crippen molar-refractivity contribution in [2.45, 2.75) is 63.4 Å². The topological polar surface area (TPSA) is 67.9 Å². The van der Waals surface area contributed by atoms with Crippen molar-refractivity contribution >= 4 is 23.6 Å². The fraction of sp³-hybridized carbons (Fsp3) is 0.481. The third kappa shape index (κ3) is 7.69. The molecule has 0 aliphatic heterocycles. The molecule has 6 nitrogen and oxygen atoms in total. The van der Waals surface area contributed by atoms with E-state index < -0.39 is 6.04 Å². The fourth-order valence-electron chi connectivity index (χ4n) is 4.14. The predicted molar refractivity (Wildman–Crippen MR) is 137 cm³/mol. The number of nitrogens with one attached hydrogen (secondary N) is 1. The van der Waals surface area contributed by atoms with E-state index in [-0.39, 0.29) is 17.9 Å². The van der Waals surface area contributed by atoms with E-state index in [9.17, 15) is 9.59 Å². The molecule has 1 N–H and O–H groups in total. The van der Waals surface area contributed by atoms with Gasteiger partial charge in [0.2, 0.25) is 11.8 Å². The quantitative estimate of drug-likeness (QED) is 0.496. The number of carbonyl (C=O) groups excluding carboxylic acids is 2. The van der Waals surface area contributed by atoms with Crippen LogP contribution in [-0.2, 0) is 21.9 Å². The van der Waals surface area contributed by atoms with Gasteiger partial charge in [-0.3, -0.25) is 9.59 Å². The molecule has 1 fully saturated rings. The zero-order valence-electron chi connectivity index (χ0n) is 20.4. The van der Waals surface area contributed by atoms with Crippen LogP contribution < -0.4 is 14.8 Å². The van der Waals surface area contributed by atoms with E-state index >= 15 is 0 Å². The maximum absolute atomic E-state index is 13.3. The molecule has 2 aromatic rings. The van der Waals surface area contributed by atoms with Gasteiger partial charge in [-0.2, -0.15) is 0 Å². The summed E-state index contributed by atoms with van der Waals surface area (Å²) < 4.78 is 10.4. The summed E-state index contributed by atoms with van der Waals surface area (Å²) in [5.41, 5.74) is 2.09. The van der Waals surface area contributed by atoms with Crippen LogP contribution in [0, 0.1) is 0 Å². The first kappa shape index (κ1) is 25.9. The van der Waals surface area contributed by atoms with E-state index in [1.807, 2.05) is 55.5 Å². The summed E-state index contributed by atoms with van der Waals surface area (Å²) in [6, 6.07) is 15.2. The molecule has 1 aliphatic carbocycles. The lowest BCUT2D eigenvalue weighted by Gasteiger charge is -2.31. The van der Waals surface area contributed by atoms with Gasteiger partial charge in [0.15, 0.2) is 0 Å². The van der Waals surface area contributed by atoms with Gasteiger partial charge in [0.25, 0.3) is 0 Å². The molecule has 1 atom stereocenters. The second kappa shape index (κ2) is 13.3. The molecule has 0 unspecified atom stereocenters. The van der Waals surface area contributed by atoms with Crippen LogP contribution in [0.5, 0.6) is 11.5 Å². The Morgan fingerprint density at radius 2 is 1.50 bits per heavy atom. The van der Waals surface area contributed by atoms with Gasteiger partial charge < -0.3 is 19.7 Å². The summed E-state index contributed by atoms with van der Waals surface area (Å²) in [6.07, 6.45) is 5.56. The Labute approximate surface area is 207 Å². The normalized spacial score (nSPS) is 14.8. The van der Waals surface area contributed by atoms with Crippen LogP contribution in [0.15, 0.2) is 48.5 Å². The molecule has 34 heavy (non-hydrogen) atoms. The molecular weight excluding hydrogens is 448 g/mol. The standard InChI is InChI=1S/C27H36N2O4S/c1-20(27(31)28-23-7-5-4-6-8-23)29(17-21-9-13-24(32-2)14-10-21)26(30)19-34-18-22-11-15-25(33-3)16-12-22/h9-16,20,23H,4-8,17-19H2,1-3H3,(H,28,31)/t20-/m0/s1. The fourth-order valence-corrected chi connectivity index (χ4v) is 5.01. The zero-order chi connectivity index (χ0) is 24.3. The number of carbonyl (C=O) groups is 2. The largest absolute Gasteiger partial charge is 0.497 e. The van der Waals surface area contributed by atoms with Crippen molar-refractivity contribution in [1.29, 1.82) is 0 Å². The molecule has 0 heterocycles. The lowest BCUT2D eigenvalue weighted by atomic mass is 9.95. The van der Waals surface area contributed by atoms with Gasteiger partial charge in [-0.25, -0.2) is 0 Å². The molecule has 0 aromatic heterocycles. The van der Waals surface area contributed by atoms with Gasteiger partial charge in [0.05, 0.1) is 20.0 Å². The Hall–Kier alpha value is -2.67. The Balaban J connectivity index is 1.64. The second-order valence-corrected chi connectivity index (χ2v) is 9.72. The molecule has 2 amide bonds. The Morgan fingerprint density at radius 3 is 2.06 bits per heavy atom. The van der Waals surface area contributed by atoms with Crippen molar-refractivity contribution in [3.63, 3.8) is 0 Å². The summed E-state index contributed by atoms with van der Waals surface area (Å²) >= 11 is 1.55. The van der Waals surface area contributed by atoms with Gasteiger partial charge in [-0.15, -0.1) is 11.8 Å². The lowest BCUT2D eigenvalue weighted by Crippen LogP contribution is -2.50. The van der Waals surface area contributed by atoms with Crippen molar-refractivity contribution in [2.24, 2.45) is 0 Å². The van der Waals surface area contributed by atoms with Crippen LogP contribution in [0.25, 0.3) is 0 Å². The van der Waals surface area contributed by atoms with Crippen molar-refractivity contribution in [3.05, 3.63) is 59.7 Å². The Kier molecular flexibility index (Phi) is 10.1. The number of hydrogen-bond acceptors (Lipinski definition) is 5.